The van der Waals surface area contributed by atoms with Crippen molar-refractivity contribution < 1.29 is 14.4 Å². The average Bonchev–Trinajstić information content (AvgIpc) is 2.72. The van der Waals surface area contributed by atoms with E-state index in [9.17, 15) is 14.4 Å². The van der Waals surface area contributed by atoms with Gasteiger partial charge in [-0.1, -0.05) is 41.9 Å². The third-order valence-corrected chi connectivity index (χ3v) is 4.55. The molecule has 1 heterocycles. The van der Waals surface area contributed by atoms with Crippen LogP contribution in [-0.2, 0) is 16.1 Å². The van der Waals surface area contributed by atoms with Crippen molar-refractivity contribution in [3.63, 3.8) is 0 Å². The van der Waals surface area contributed by atoms with E-state index in [1.807, 2.05) is 18.2 Å². The number of fused-ring (bicyclic) bond motifs is 1. The van der Waals surface area contributed by atoms with Crippen molar-refractivity contribution in [3.05, 3.63) is 64.7 Å². The molecule has 0 aromatic heterocycles. The van der Waals surface area contributed by atoms with E-state index in [-0.39, 0.29) is 37.4 Å². The molecule has 2 aromatic carbocycles. The summed E-state index contributed by atoms with van der Waals surface area (Å²) in [5.74, 6) is -0.878. The minimum absolute atomic E-state index is 0.0781. The van der Waals surface area contributed by atoms with Crippen LogP contribution in [0.1, 0.15) is 15.9 Å². The lowest BCUT2D eigenvalue weighted by atomic mass is 10.1. The Morgan fingerprint density at radius 1 is 1.12 bits per heavy atom. The highest BCUT2D eigenvalue weighted by molar-refractivity contribution is 6.31. The normalized spacial score (nSPS) is 14.1. The monoisotopic (exact) mass is 371 g/mol. The highest BCUT2D eigenvalue weighted by Gasteiger charge is 2.30. The van der Waals surface area contributed by atoms with Gasteiger partial charge >= 0.3 is 0 Å². The standard InChI is InChI=1S/C19H18ClN3O3/c1-22-12-18(25)23(16-9-5-3-7-14(16)19(22)26)11-17(24)21-10-13-6-2-4-8-15(13)20/h2-9H,10-12H2,1H3,(H,21,24). The molecule has 0 aliphatic carbocycles. The lowest BCUT2D eigenvalue weighted by Gasteiger charge is -2.21. The van der Waals surface area contributed by atoms with Crippen LogP contribution < -0.4 is 10.2 Å². The summed E-state index contributed by atoms with van der Waals surface area (Å²) < 4.78 is 0. The first-order valence-electron chi connectivity index (χ1n) is 8.12. The Morgan fingerprint density at radius 2 is 1.81 bits per heavy atom. The third kappa shape index (κ3) is 3.70. The number of nitrogens with zero attached hydrogens (tertiary/aromatic N) is 2. The van der Waals surface area contributed by atoms with E-state index < -0.39 is 0 Å². The summed E-state index contributed by atoms with van der Waals surface area (Å²) >= 11 is 6.08. The van der Waals surface area contributed by atoms with Crippen LogP contribution in [-0.4, -0.2) is 42.8 Å². The number of carbonyl (C=O) groups is 3. The number of amides is 3. The number of carbonyl (C=O) groups excluding carboxylic acids is 3. The predicted octanol–water partition coefficient (Wildman–Crippen LogP) is 2.08. The molecule has 2 aromatic rings. The smallest absolute Gasteiger partial charge is 0.256 e. The van der Waals surface area contributed by atoms with E-state index >= 15 is 0 Å². The Bertz CT molecular complexity index is 869. The second-order valence-electron chi connectivity index (χ2n) is 6.03. The van der Waals surface area contributed by atoms with Gasteiger partial charge in [-0.25, -0.2) is 0 Å². The maximum Gasteiger partial charge on any atom is 0.256 e. The Labute approximate surface area is 156 Å². The van der Waals surface area contributed by atoms with Crippen LogP contribution in [0.25, 0.3) is 0 Å². The van der Waals surface area contributed by atoms with Gasteiger partial charge in [0, 0.05) is 18.6 Å². The highest BCUT2D eigenvalue weighted by Crippen LogP contribution is 2.24. The van der Waals surface area contributed by atoms with E-state index in [0.717, 1.165) is 5.56 Å². The third-order valence-electron chi connectivity index (χ3n) is 4.18. The van der Waals surface area contributed by atoms with Gasteiger partial charge in [-0.3, -0.25) is 14.4 Å². The van der Waals surface area contributed by atoms with Crippen molar-refractivity contribution in [2.75, 3.05) is 25.0 Å². The SMILES string of the molecule is CN1CC(=O)N(CC(=O)NCc2ccccc2Cl)c2ccccc2C1=O. The van der Waals surface area contributed by atoms with Crippen molar-refractivity contribution in [1.29, 1.82) is 0 Å². The molecule has 0 spiro atoms. The molecule has 1 N–H and O–H groups in total. The Hall–Kier alpha value is -2.86. The van der Waals surface area contributed by atoms with Gasteiger partial charge in [0.2, 0.25) is 11.8 Å². The van der Waals surface area contributed by atoms with Gasteiger partial charge in [-0.2, -0.15) is 0 Å². The van der Waals surface area contributed by atoms with Gasteiger partial charge in [0.1, 0.15) is 13.1 Å². The minimum Gasteiger partial charge on any atom is -0.350 e. The van der Waals surface area contributed by atoms with Crippen molar-refractivity contribution in [2.24, 2.45) is 0 Å². The van der Waals surface area contributed by atoms with Gasteiger partial charge in [0.05, 0.1) is 11.3 Å². The first-order valence-corrected chi connectivity index (χ1v) is 8.50. The molecule has 134 valence electrons. The number of nitrogens with one attached hydrogen (secondary N) is 1. The van der Waals surface area contributed by atoms with Gasteiger partial charge in [0.25, 0.3) is 5.91 Å². The molecule has 0 saturated carbocycles. The summed E-state index contributed by atoms with van der Waals surface area (Å²) in [7, 11) is 1.57. The fourth-order valence-corrected chi connectivity index (χ4v) is 3.00. The maximum absolute atomic E-state index is 12.5. The number of anilines is 1. The molecule has 0 fully saturated rings. The fourth-order valence-electron chi connectivity index (χ4n) is 2.80. The van der Waals surface area contributed by atoms with E-state index in [4.69, 9.17) is 11.6 Å². The van der Waals surface area contributed by atoms with E-state index in [0.29, 0.717) is 16.3 Å². The molecule has 3 amide bonds. The Balaban J connectivity index is 1.76. The largest absolute Gasteiger partial charge is 0.350 e. The molecule has 0 radical (unpaired) electrons. The maximum atomic E-state index is 12.5. The second-order valence-corrected chi connectivity index (χ2v) is 6.43. The number of hydrogen-bond donors (Lipinski definition) is 1. The number of hydrogen-bond acceptors (Lipinski definition) is 3. The quantitative estimate of drug-likeness (QED) is 0.894. The zero-order chi connectivity index (χ0) is 18.7. The molecule has 6 nitrogen and oxygen atoms in total. The van der Waals surface area contributed by atoms with Crippen LogP contribution in [0.4, 0.5) is 5.69 Å². The number of benzene rings is 2. The van der Waals surface area contributed by atoms with Crippen molar-refractivity contribution in [2.45, 2.75) is 6.54 Å². The van der Waals surface area contributed by atoms with E-state index in [1.54, 1.807) is 37.4 Å². The topological polar surface area (TPSA) is 69.7 Å². The van der Waals surface area contributed by atoms with Crippen LogP contribution in [0.15, 0.2) is 48.5 Å². The zero-order valence-corrected chi connectivity index (χ0v) is 15.0. The molecule has 1 aliphatic heterocycles. The first kappa shape index (κ1) is 17.9. The number of likely N-dealkylation sites (N-methyl/N-ethyl adjacent to an activating group) is 1. The fraction of sp³-hybridized carbons (Fsp3) is 0.211. The summed E-state index contributed by atoms with van der Waals surface area (Å²) in [4.78, 5) is 40.0. The second kappa shape index (κ2) is 7.58. The molecular formula is C19H18ClN3O3. The van der Waals surface area contributed by atoms with Crippen LogP contribution in [0.3, 0.4) is 0 Å². The molecule has 7 heteroatoms. The molecule has 0 unspecified atom stereocenters. The average molecular weight is 372 g/mol. The van der Waals surface area contributed by atoms with Gasteiger partial charge in [-0.05, 0) is 23.8 Å². The summed E-state index contributed by atoms with van der Waals surface area (Å²) in [6.45, 7) is 0.0216. The molecule has 0 atom stereocenters. The molecule has 0 saturated heterocycles. The van der Waals surface area contributed by atoms with Crippen LogP contribution >= 0.6 is 11.6 Å². The summed E-state index contributed by atoms with van der Waals surface area (Å²) in [6.07, 6.45) is 0. The van der Waals surface area contributed by atoms with Gasteiger partial charge in [-0.15, -0.1) is 0 Å². The Morgan fingerprint density at radius 3 is 2.58 bits per heavy atom. The van der Waals surface area contributed by atoms with Crippen LogP contribution in [0.2, 0.25) is 5.02 Å². The molecule has 0 bridgehead atoms. The van der Waals surface area contributed by atoms with Crippen molar-refractivity contribution >= 4 is 35.0 Å². The first-order chi connectivity index (χ1) is 12.5. The van der Waals surface area contributed by atoms with Crippen LogP contribution in [0, 0.1) is 0 Å². The highest BCUT2D eigenvalue weighted by atomic mass is 35.5. The number of halogens is 1. The zero-order valence-electron chi connectivity index (χ0n) is 14.2. The van der Waals surface area contributed by atoms with E-state index in [2.05, 4.69) is 5.32 Å². The number of rotatable bonds is 4. The molecule has 1 aliphatic rings. The Kier molecular flexibility index (Phi) is 5.23. The summed E-state index contributed by atoms with van der Waals surface area (Å²) in [5.41, 5.74) is 1.64. The van der Waals surface area contributed by atoms with Gasteiger partial charge in [0.15, 0.2) is 0 Å². The minimum atomic E-state index is -0.329. The molecule has 3 rings (SSSR count). The lowest BCUT2D eigenvalue weighted by molar-refractivity contribution is -0.124. The number of para-hydroxylation sites is 1. The molecular weight excluding hydrogens is 354 g/mol. The predicted molar refractivity (Wildman–Crippen MR) is 99.1 cm³/mol. The van der Waals surface area contributed by atoms with E-state index in [1.165, 1.54) is 9.80 Å². The summed E-state index contributed by atoms with van der Waals surface area (Å²) in [6, 6.07) is 14.0. The van der Waals surface area contributed by atoms with Crippen molar-refractivity contribution in [3.8, 4) is 0 Å². The van der Waals surface area contributed by atoms with Crippen LogP contribution in [0.5, 0.6) is 0 Å². The van der Waals surface area contributed by atoms with Gasteiger partial charge < -0.3 is 15.1 Å². The molecule has 26 heavy (non-hydrogen) atoms. The van der Waals surface area contributed by atoms with Crippen molar-refractivity contribution in [1.82, 2.24) is 10.2 Å². The lowest BCUT2D eigenvalue weighted by Crippen LogP contribution is -2.43. The summed E-state index contributed by atoms with van der Waals surface area (Å²) in [5, 5.41) is 3.33.